The Morgan fingerprint density at radius 2 is 1.84 bits per heavy atom. The first-order valence-corrected chi connectivity index (χ1v) is 13.2. The maximum atomic E-state index is 12.8. The number of aromatic amines is 1. The summed E-state index contributed by atoms with van der Waals surface area (Å²) in [5.74, 6) is 0.437. The largest absolute Gasteiger partial charge is 0.383 e. The Morgan fingerprint density at radius 3 is 2.66 bits per heavy atom. The number of aromatic nitrogens is 4. The Bertz CT molecular complexity index is 1550. The van der Waals surface area contributed by atoms with E-state index in [9.17, 15) is 9.59 Å². The normalized spacial score (nSPS) is 11.8. The van der Waals surface area contributed by atoms with Crippen LogP contribution in [-0.2, 0) is 0 Å². The lowest BCUT2D eigenvalue weighted by atomic mass is 10.1. The topological polar surface area (TPSA) is 139 Å². The van der Waals surface area contributed by atoms with Crippen LogP contribution in [0.3, 0.4) is 0 Å². The highest BCUT2D eigenvalue weighted by Crippen LogP contribution is 2.26. The molecule has 5 aromatic rings. The van der Waals surface area contributed by atoms with E-state index in [-0.39, 0.29) is 23.7 Å². The van der Waals surface area contributed by atoms with Crippen LogP contribution in [0.25, 0.3) is 22.0 Å². The molecule has 9 nitrogen and oxygen atoms in total. The van der Waals surface area contributed by atoms with Gasteiger partial charge in [0, 0.05) is 18.3 Å². The molecule has 0 aliphatic rings. The summed E-state index contributed by atoms with van der Waals surface area (Å²) in [7, 11) is 0. The highest BCUT2D eigenvalue weighted by molar-refractivity contribution is 7.11. The lowest BCUT2D eigenvalue weighted by Gasteiger charge is -2.16. The molecule has 0 aliphatic heterocycles. The Balaban J connectivity index is 1.25. The standard InChI is InChI=1S/C28H27N7O2S/c29-25-21(8-5-13-31-25)27(36)32-12-4-3-9-22(35-28(37)24-16-30-17-38-24)26-33-15-23(34-26)20-11-10-18-6-1-2-7-19(18)14-20/h1-2,5-8,10-11,13-17,22H,3-4,9,12H2,(H2,29,31)(H,32,36)(H,33,34)(H,35,37)/t22-/m0/s1. The number of hydrogen-bond acceptors (Lipinski definition) is 7. The van der Waals surface area contributed by atoms with Crippen molar-refractivity contribution in [1.82, 2.24) is 30.6 Å². The third kappa shape index (κ3) is 5.87. The highest BCUT2D eigenvalue weighted by Gasteiger charge is 2.20. The predicted molar refractivity (Wildman–Crippen MR) is 149 cm³/mol. The number of carbonyl (C=O) groups is 2. The molecule has 0 fully saturated rings. The number of unbranched alkanes of at least 4 members (excludes halogenated alkanes) is 1. The molecular weight excluding hydrogens is 498 g/mol. The van der Waals surface area contributed by atoms with E-state index in [0.29, 0.717) is 29.2 Å². The molecular formula is C28H27N7O2S. The molecule has 5 N–H and O–H groups in total. The average Bonchev–Trinajstić information content (AvgIpc) is 3.65. The summed E-state index contributed by atoms with van der Waals surface area (Å²) >= 11 is 1.29. The van der Waals surface area contributed by atoms with Crippen LogP contribution < -0.4 is 16.4 Å². The van der Waals surface area contributed by atoms with Crippen molar-refractivity contribution in [3.05, 3.63) is 95.0 Å². The van der Waals surface area contributed by atoms with E-state index < -0.39 is 0 Å². The van der Waals surface area contributed by atoms with Crippen LogP contribution >= 0.6 is 11.3 Å². The second-order valence-electron chi connectivity index (χ2n) is 8.82. The smallest absolute Gasteiger partial charge is 0.263 e. The van der Waals surface area contributed by atoms with Gasteiger partial charge in [0.2, 0.25) is 0 Å². The van der Waals surface area contributed by atoms with E-state index in [1.807, 2.05) is 12.1 Å². The number of anilines is 1. The number of carbonyl (C=O) groups excluding carboxylic acids is 2. The summed E-state index contributed by atoms with van der Waals surface area (Å²) in [6.45, 7) is 0.475. The van der Waals surface area contributed by atoms with Gasteiger partial charge in [-0.25, -0.2) is 9.97 Å². The number of thiazole rings is 1. The van der Waals surface area contributed by atoms with Crippen LogP contribution in [0, 0.1) is 0 Å². The van der Waals surface area contributed by atoms with Crippen LogP contribution in [0.15, 0.2) is 78.7 Å². The molecule has 0 bridgehead atoms. The Hall–Kier alpha value is -4.57. The summed E-state index contributed by atoms with van der Waals surface area (Å²) in [5.41, 5.74) is 9.68. The summed E-state index contributed by atoms with van der Waals surface area (Å²) in [6.07, 6.45) is 7.01. The number of benzene rings is 2. The van der Waals surface area contributed by atoms with E-state index in [2.05, 4.69) is 60.9 Å². The Labute approximate surface area is 223 Å². The van der Waals surface area contributed by atoms with Crippen molar-refractivity contribution < 1.29 is 9.59 Å². The van der Waals surface area contributed by atoms with E-state index >= 15 is 0 Å². The van der Waals surface area contributed by atoms with Crippen molar-refractivity contribution in [2.45, 2.75) is 25.3 Å². The fourth-order valence-corrected chi connectivity index (χ4v) is 4.75. The van der Waals surface area contributed by atoms with E-state index in [1.165, 1.54) is 16.7 Å². The number of fused-ring (bicyclic) bond motifs is 1. The molecule has 0 unspecified atom stereocenters. The second-order valence-corrected chi connectivity index (χ2v) is 9.71. The number of nitrogen functional groups attached to an aromatic ring is 1. The zero-order chi connectivity index (χ0) is 26.3. The molecule has 0 aliphatic carbocycles. The van der Waals surface area contributed by atoms with Crippen LogP contribution in [0.5, 0.6) is 0 Å². The Morgan fingerprint density at radius 1 is 0.974 bits per heavy atom. The first kappa shape index (κ1) is 25.1. The minimum atomic E-state index is -0.330. The number of imidazole rings is 1. The number of nitrogens with two attached hydrogens (primary N) is 1. The zero-order valence-corrected chi connectivity index (χ0v) is 21.4. The van der Waals surface area contributed by atoms with Crippen LogP contribution in [0.2, 0.25) is 0 Å². The van der Waals surface area contributed by atoms with Gasteiger partial charge in [0.1, 0.15) is 16.5 Å². The third-order valence-corrected chi connectivity index (χ3v) is 7.01. The van der Waals surface area contributed by atoms with Gasteiger partial charge < -0.3 is 21.4 Å². The SMILES string of the molecule is Nc1ncccc1C(=O)NCCCC[C@H](NC(=O)c1cncs1)c1ncc(-c2ccc3ccccc3c2)[nH]1. The van der Waals surface area contributed by atoms with Crippen LogP contribution in [0.1, 0.15) is 51.2 Å². The number of hydrogen-bond donors (Lipinski definition) is 4. The number of H-pyrrole nitrogens is 1. The quantitative estimate of drug-likeness (QED) is 0.194. The number of amides is 2. The summed E-state index contributed by atoms with van der Waals surface area (Å²) < 4.78 is 0. The maximum Gasteiger partial charge on any atom is 0.263 e. The van der Waals surface area contributed by atoms with E-state index in [0.717, 1.165) is 29.5 Å². The van der Waals surface area contributed by atoms with Gasteiger partial charge in [0.05, 0.1) is 35.2 Å². The summed E-state index contributed by atoms with van der Waals surface area (Å²) in [4.78, 5) is 41.7. The zero-order valence-electron chi connectivity index (χ0n) is 20.6. The molecule has 0 spiro atoms. The predicted octanol–water partition coefficient (Wildman–Crippen LogP) is 4.74. The van der Waals surface area contributed by atoms with Crippen molar-refractivity contribution in [3.63, 3.8) is 0 Å². The molecule has 10 heteroatoms. The molecule has 192 valence electrons. The van der Waals surface area contributed by atoms with Crippen molar-refractivity contribution in [1.29, 1.82) is 0 Å². The van der Waals surface area contributed by atoms with Gasteiger partial charge in [0.15, 0.2) is 0 Å². The second kappa shape index (κ2) is 11.7. The monoisotopic (exact) mass is 525 g/mol. The van der Waals surface area contributed by atoms with Crippen molar-refractivity contribution in [2.24, 2.45) is 0 Å². The molecule has 2 aromatic carbocycles. The fourth-order valence-electron chi connectivity index (χ4n) is 4.23. The van der Waals surface area contributed by atoms with Gasteiger partial charge in [0.25, 0.3) is 11.8 Å². The number of nitrogens with one attached hydrogen (secondary N) is 3. The molecule has 2 amide bonds. The lowest BCUT2D eigenvalue weighted by molar-refractivity contribution is 0.0935. The third-order valence-electron chi connectivity index (χ3n) is 6.24. The molecule has 38 heavy (non-hydrogen) atoms. The van der Waals surface area contributed by atoms with Crippen LogP contribution in [-0.4, -0.2) is 38.3 Å². The molecule has 0 saturated carbocycles. The van der Waals surface area contributed by atoms with Gasteiger partial charge in [-0.3, -0.25) is 14.6 Å². The van der Waals surface area contributed by atoms with E-state index in [1.54, 1.807) is 36.2 Å². The molecule has 5 rings (SSSR count). The minimum absolute atomic E-state index is 0.193. The average molecular weight is 526 g/mol. The minimum Gasteiger partial charge on any atom is -0.383 e. The molecule has 3 aromatic heterocycles. The number of rotatable bonds is 10. The summed E-state index contributed by atoms with van der Waals surface area (Å²) in [6, 6.07) is 17.5. The highest BCUT2D eigenvalue weighted by atomic mass is 32.1. The maximum absolute atomic E-state index is 12.8. The van der Waals surface area contributed by atoms with Gasteiger partial charge in [-0.2, -0.15) is 0 Å². The molecule has 0 radical (unpaired) electrons. The number of nitrogens with zero attached hydrogens (tertiary/aromatic N) is 3. The molecule has 0 saturated heterocycles. The van der Waals surface area contributed by atoms with Crippen molar-refractivity contribution in [3.8, 4) is 11.3 Å². The Kier molecular flexibility index (Phi) is 7.70. The first-order valence-electron chi connectivity index (χ1n) is 12.3. The lowest BCUT2D eigenvalue weighted by Crippen LogP contribution is -2.29. The van der Waals surface area contributed by atoms with Crippen molar-refractivity contribution >= 4 is 39.7 Å². The van der Waals surface area contributed by atoms with Crippen molar-refractivity contribution in [2.75, 3.05) is 12.3 Å². The first-order chi connectivity index (χ1) is 18.6. The van der Waals surface area contributed by atoms with Gasteiger partial charge in [-0.05, 0) is 48.2 Å². The fraction of sp³-hybridized carbons (Fsp3) is 0.179. The van der Waals surface area contributed by atoms with E-state index in [4.69, 9.17) is 5.73 Å². The molecule has 3 heterocycles. The van der Waals surface area contributed by atoms with Gasteiger partial charge in [-0.15, -0.1) is 11.3 Å². The van der Waals surface area contributed by atoms with Crippen LogP contribution in [0.4, 0.5) is 5.82 Å². The number of pyridine rings is 1. The van der Waals surface area contributed by atoms with Gasteiger partial charge >= 0.3 is 0 Å². The van der Waals surface area contributed by atoms with Gasteiger partial charge in [-0.1, -0.05) is 36.4 Å². The molecule has 1 atom stereocenters. The summed E-state index contributed by atoms with van der Waals surface area (Å²) in [5, 5.41) is 8.28.